The summed E-state index contributed by atoms with van der Waals surface area (Å²) in [4.78, 5) is 7.17. The fraction of sp³-hybridized carbons (Fsp3) is 0.375. The molecule has 1 aromatic rings. The molecule has 0 aliphatic rings. The van der Waals surface area contributed by atoms with E-state index in [1.807, 2.05) is 32.2 Å². The van der Waals surface area contributed by atoms with Crippen molar-refractivity contribution < 1.29 is 0 Å². The van der Waals surface area contributed by atoms with Crippen molar-refractivity contribution in [1.29, 1.82) is 0 Å². The molecule has 3 nitrogen and oxygen atoms in total. The summed E-state index contributed by atoms with van der Waals surface area (Å²) in [5.74, 6) is 0.574. The molecule has 0 unspecified atom stereocenters. The van der Waals surface area contributed by atoms with Gasteiger partial charge in [-0.05, 0) is 26.0 Å². The lowest BCUT2D eigenvalue weighted by molar-refractivity contribution is 0.833. The monoisotopic (exact) mass is 151 g/mol. The Bertz CT molecular complexity index is 234. The Hall–Kier alpha value is -1.25. The quantitative estimate of drug-likeness (QED) is 0.483. The number of aromatic nitrogens is 1. The number of hydrogen-bond donors (Lipinski definition) is 2. The molecule has 0 amide bonds. The number of aliphatic imine (C=N–C) groups is 1. The first kappa shape index (κ1) is 7.85. The number of nitrogens with zero attached hydrogens (tertiary/aromatic N) is 1. The maximum Gasteiger partial charge on any atom is 0.142 e. The normalized spacial score (nSPS) is 12.5. The van der Waals surface area contributed by atoms with Gasteiger partial charge in [0.25, 0.3) is 0 Å². The summed E-state index contributed by atoms with van der Waals surface area (Å²) in [6.07, 6.45) is 1.83. The predicted octanol–water partition coefficient (Wildman–Crippen LogP) is 1.13. The number of aromatic amines is 1. The van der Waals surface area contributed by atoms with Crippen molar-refractivity contribution in [2.75, 3.05) is 0 Å². The van der Waals surface area contributed by atoms with Gasteiger partial charge in [-0.1, -0.05) is 0 Å². The average Bonchev–Trinajstić information content (AvgIpc) is 2.35. The smallest absolute Gasteiger partial charge is 0.142 e. The first-order valence-corrected chi connectivity index (χ1v) is 3.67. The molecule has 1 heterocycles. The van der Waals surface area contributed by atoms with Crippen molar-refractivity contribution in [2.24, 2.45) is 10.7 Å². The van der Waals surface area contributed by atoms with E-state index in [4.69, 9.17) is 5.73 Å². The third-order valence-corrected chi connectivity index (χ3v) is 1.27. The number of rotatable bonds is 2. The van der Waals surface area contributed by atoms with E-state index in [0.29, 0.717) is 5.84 Å². The van der Waals surface area contributed by atoms with Gasteiger partial charge in [0.2, 0.25) is 0 Å². The third-order valence-electron chi connectivity index (χ3n) is 1.27. The number of H-pyrrole nitrogens is 1. The summed E-state index contributed by atoms with van der Waals surface area (Å²) in [5.41, 5.74) is 6.55. The van der Waals surface area contributed by atoms with Crippen LogP contribution in [0.5, 0.6) is 0 Å². The highest BCUT2D eigenvalue weighted by atomic mass is 14.9. The lowest BCUT2D eigenvalue weighted by Crippen LogP contribution is -2.15. The van der Waals surface area contributed by atoms with Crippen LogP contribution in [-0.2, 0) is 0 Å². The van der Waals surface area contributed by atoms with Crippen LogP contribution in [0, 0.1) is 0 Å². The zero-order chi connectivity index (χ0) is 8.27. The Morgan fingerprint density at radius 3 is 2.82 bits per heavy atom. The summed E-state index contributed by atoms with van der Waals surface area (Å²) in [6, 6.07) is 4.05. The van der Waals surface area contributed by atoms with E-state index < -0.39 is 0 Å². The van der Waals surface area contributed by atoms with Gasteiger partial charge in [-0.2, -0.15) is 0 Å². The molecule has 0 aliphatic heterocycles. The maximum absolute atomic E-state index is 5.66. The molecule has 3 N–H and O–H groups in total. The van der Waals surface area contributed by atoms with E-state index in [-0.39, 0.29) is 6.04 Å². The van der Waals surface area contributed by atoms with Crippen LogP contribution in [0.2, 0.25) is 0 Å². The van der Waals surface area contributed by atoms with Gasteiger partial charge in [0.1, 0.15) is 5.84 Å². The molecule has 0 spiro atoms. The van der Waals surface area contributed by atoms with E-state index in [2.05, 4.69) is 9.98 Å². The number of nitrogens with two attached hydrogens (primary N) is 1. The Morgan fingerprint density at radius 1 is 1.64 bits per heavy atom. The summed E-state index contributed by atoms with van der Waals surface area (Å²) in [6.45, 7) is 3.99. The topological polar surface area (TPSA) is 54.2 Å². The molecule has 0 fully saturated rings. The van der Waals surface area contributed by atoms with Crippen molar-refractivity contribution in [3.05, 3.63) is 24.0 Å². The Morgan fingerprint density at radius 2 is 2.36 bits per heavy atom. The standard InChI is InChI=1S/C8H13N3/c1-6(2)11-8(9)7-4-3-5-10-7/h3-6,10H,1-2H3,(H2,9,11). The fourth-order valence-corrected chi connectivity index (χ4v) is 0.837. The number of amidine groups is 1. The van der Waals surface area contributed by atoms with E-state index >= 15 is 0 Å². The van der Waals surface area contributed by atoms with E-state index in [1.54, 1.807) is 0 Å². The number of hydrogen-bond acceptors (Lipinski definition) is 1. The third kappa shape index (κ3) is 2.11. The van der Waals surface area contributed by atoms with Crippen LogP contribution in [-0.4, -0.2) is 16.9 Å². The Balaban J connectivity index is 2.77. The molecule has 0 saturated carbocycles. The van der Waals surface area contributed by atoms with E-state index in [9.17, 15) is 0 Å². The second kappa shape index (κ2) is 3.23. The van der Waals surface area contributed by atoms with Gasteiger partial charge in [0.15, 0.2) is 0 Å². The summed E-state index contributed by atoms with van der Waals surface area (Å²) in [7, 11) is 0. The van der Waals surface area contributed by atoms with Gasteiger partial charge in [-0.25, -0.2) is 0 Å². The molecule has 0 radical (unpaired) electrons. The lowest BCUT2D eigenvalue weighted by atomic mass is 10.3. The molecule has 0 aliphatic carbocycles. The molecule has 11 heavy (non-hydrogen) atoms. The second-order valence-corrected chi connectivity index (χ2v) is 2.69. The largest absolute Gasteiger partial charge is 0.382 e. The van der Waals surface area contributed by atoms with Crippen LogP contribution in [0.15, 0.2) is 23.3 Å². The molecule has 0 aromatic carbocycles. The van der Waals surface area contributed by atoms with E-state index in [0.717, 1.165) is 5.69 Å². The van der Waals surface area contributed by atoms with Crippen LogP contribution in [0.1, 0.15) is 19.5 Å². The van der Waals surface area contributed by atoms with Crippen LogP contribution >= 0.6 is 0 Å². The summed E-state index contributed by atoms with van der Waals surface area (Å²) < 4.78 is 0. The van der Waals surface area contributed by atoms with Gasteiger partial charge < -0.3 is 10.7 Å². The number of nitrogens with one attached hydrogen (secondary N) is 1. The van der Waals surface area contributed by atoms with Crippen LogP contribution in [0.3, 0.4) is 0 Å². The van der Waals surface area contributed by atoms with Crippen molar-refractivity contribution in [3.63, 3.8) is 0 Å². The molecular formula is C8H13N3. The van der Waals surface area contributed by atoms with Gasteiger partial charge in [-0.3, -0.25) is 4.99 Å². The van der Waals surface area contributed by atoms with Crippen LogP contribution < -0.4 is 5.73 Å². The predicted molar refractivity (Wildman–Crippen MR) is 46.7 cm³/mol. The van der Waals surface area contributed by atoms with Gasteiger partial charge in [0.05, 0.1) is 5.69 Å². The summed E-state index contributed by atoms with van der Waals surface area (Å²) in [5, 5.41) is 0. The first-order valence-electron chi connectivity index (χ1n) is 3.67. The fourth-order valence-electron chi connectivity index (χ4n) is 0.837. The average molecular weight is 151 g/mol. The maximum atomic E-state index is 5.66. The molecule has 1 rings (SSSR count). The first-order chi connectivity index (χ1) is 5.20. The van der Waals surface area contributed by atoms with E-state index in [1.165, 1.54) is 0 Å². The van der Waals surface area contributed by atoms with Gasteiger partial charge >= 0.3 is 0 Å². The Labute approximate surface area is 66.3 Å². The molecule has 60 valence electrons. The minimum absolute atomic E-state index is 0.248. The van der Waals surface area contributed by atoms with Crippen molar-refractivity contribution >= 4 is 5.84 Å². The Kier molecular flexibility index (Phi) is 2.31. The van der Waals surface area contributed by atoms with Gasteiger partial charge in [0, 0.05) is 12.2 Å². The highest BCUT2D eigenvalue weighted by Gasteiger charge is 1.97. The van der Waals surface area contributed by atoms with Gasteiger partial charge in [-0.15, -0.1) is 0 Å². The summed E-state index contributed by atoms with van der Waals surface area (Å²) >= 11 is 0. The molecule has 0 saturated heterocycles. The van der Waals surface area contributed by atoms with Crippen LogP contribution in [0.25, 0.3) is 0 Å². The zero-order valence-electron chi connectivity index (χ0n) is 6.83. The van der Waals surface area contributed by atoms with Crippen molar-refractivity contribution in [2.45, 2.75) is 19.9 Å². The minimum atomic E-state index is 0.248. The molecule has 1 aromatic heterocycles. The molecule has 3 heteroatoms. The SMILES string of the molecule is CC(C)N=C(N)c1ccc[nH]1. The second-order valence-electron chi connectivity index (χ2n) is 2.69. The minimum Gasteiger partial charge on any atom is -0.382 e. The molecular weight excluding hydrogens is 138 g/mol. The zero-order valence-corrected chi connectivity index (χ0v) is 6.83. The highest BCUT2D eigenvalue weighted by Crippen LogP contribution is 1.95. The van der Waals surface area contributed by atoms with Crippen molar-refractivity contribution in [1.82, 2.24) is 4.98 Å². The molecule has 0 atom stereocenters. The lowest BCUT2D eigenvalue weighted by Gasteiger charge is -1.99. The highest BCUT2D eigenvalue weighted by molar-refractivity contribution is 5.95. The van der Waals surface area contributed by atoms with Crippen LogP contribution in [0.4, 0.5) is 0 Å². The molecule has 0 bridgehead atoms. The van der Waals surface area contributed by atoms with Crippen molar-refractivity contribution in [3.8, 4) is 0 Å².